The molecule has 0 saturated heterocycles. The maximum absolute atomic E-state index is 12.5. The summed E-state index contributed by atoms with van der Waals surface area (Å²) in [6.07, 6.45) is 8.29. The van der Waals surface area contributed by atoms with Crippen molar-refractivity contribution in [2.24, 2.45) is 0 Å². The third-order valence-corrected chi connectivity index (χ3v) is 4.54. The summed E-state index contributed by atoms with van der Waals surface area (Å²) in [6, 6.07) is 14.3. The Morgan fingerprint density at radius 2 is 1.78 bits per heavy atom. The van der Waals surface area contributed by atoms with E-state index in [4.69, 9.17) is 0 Å². The highest BCUT2D eigenvalue weighted by Gasteiger charge is 2.31. The number of carbonyl (C=O) groups excluding carboxylic acids is 1. The van der Waals surface area contributed by atoms with Gasteiger partial charge in [-0.3, -0.25) is 9.78 Å². The van der Waals surface area contributed by atoms with Gasteiger partial charge in [0.15, 0.2) is 5.78 Å². The van der Waals surface area contributed by atoms with E-state index in [9.17, 15) is 4.79 Å². The molecule has 0 unspecified atom stereocenters. The van der Waals surface area contributed by atoms with Crippen molar-refractivity contribution >= 4 is 11.5 Å². The second-order valence-corrected chi connectivity index (χ2v) is 6.00. The van der Waals surface area contributed by atoms with Crippen molar-refractivity contribution in [3.8, 4) is 0 Å². The van der Waals surface area contributed by atoms with E-state index in [1.54, 1.807) is 12.4 Å². The fourth-order valence-corrected chi connectivity index (χ4v) is 3.43. The summed E-state index contributed by atoms with van der Waals surface area (Å²) >= 11 is 0. The van der Waals surface area contributed by atoms with Gasteiger partial charge in [0.25, 0.3) is 0 Å². The Hall–Kier alpha value is -2.68. The average molecular weight is 302 g/mol. The third kappa shape index (κ3) is 2.59. The number of Topliss-reactive ketones (excluding diaryl/α,β-unsaturated/α-hetero) is 1. The first-order chi connectivity index (χ1) is 11.3. The lowest BCUT2D eigenvalue weighted by Gasteiger charge is -2.31. The van der Waals surface area contributed by atoms with Crippen LogP contribution in [0.5, 0.6) is 0 Å². The zero-order valence-corrected chi connectivity index (χ0v) is 12.8. The van der Waals surface area contributed by atoms with Crippen molar-refractivity contribution in [2.45, 2.75) is 25.2 Å². The maximum Gasteiger partial charge on any atom is 0.161 e. The lowest BCUT2D eigenvalue weighted by molar-refractivity contribution is -0.116. The number of benzene rings is 1. The Morgan fingerprint density at radius 1 is 1.00 bits per heavy atom. The number of pyridine rings is 1. The molecule has 2 aliphatic rings. The van der Waals surface area contributed by atoms with Crippen LogP contribution in [0.2, 0.25) is 0 Å². The second kappa shape index (κ2) is 5.84. The molecule has 114 valence electrons. The molecule has 0 fully saturated rings. The molecular formula is C20H18N2O. The molecule has 0 bridgehead atoms. The molecule has 23 heavy (non-hydrogen) atoms. The monoisotopic (exact) mass is 302 g/mol. The molecule has 1 N–H and O–H groups in total. The van der Waals surface area contributed by atoms with Crippen molar-refractivity contribution in [1.29, 1.82) is 0 Å². The number of ketones is 1. The molecule has 0 spiro atoms. The zero-order valence-electron chi connectivity index (χ0n) is 12.8. The quantitative estimate of drug-likeness (QED) is 0.917. The van der Waals surface area contributed by atoms with Crippen LogP contribution in [0.1, 0.15) is 36.3 Å². The van der Waals surface area contributed by atoms with E-state index in [0.29, 0.717) is 6.42 Å². The van der Waals surface area contributed by atoms with Gasteiger partial charge in [-0.2, -0.15) is 0 Å². The van der Waals surface area contributed by atoms with Gasteiger partial charge in [-0.05, 0) is 36.6 Å². The van der Waals surface area contributed by atoms with Gasteiger partial charge < -0.3 is 5.32 Å². The summed E-state index contributed by atoms with van der Waals surface area (Å²) in [5.74, 6) is 0.307. The normalized spacial score (nSPS) is 20.6. The molecule has 0 amide bonds. The average Bonchev–Trinajstić information content (AvgIpc) is 2.62. The van der Waals surface area contributed by atoms with Crippen LogP contribution in [0.3, 0.4) is 0 Å². The first-order valence-corrected chi connectivity index (χ1v) is 8.03. The lowest BCUT2D eigenvalue weighted by atomic mass is 9.79. The number of hydrogen-bond acceptors (Lipinski definition) is 3. The molecule has 1 aromatic carbocycles. The van der Waals surface area contributed by atoms with Crippen molar-refractivity contribution in [3.05, 3.63) is 83.3 Å². The molecule has 1 aromatic heterocycles. The Bertz CT molecular complexity index is 791. The second-order valence-electron chi connectivity index (χ2n) is 6.00. The summed E-state index contributed by atoms with van der Waals surface area (Å²) < 4.78 is 0. The van der Waals surface area contributed by atoms with Crippen LogP contribution in [-0.4, -0.2) is 10.8 Å². The summed E-state index contributed by atoms with van der Waals surface area (Å²) in [4.78, 5) is 16.6. The minimum Gasteiger partial charge on any atom is -0.358 e. The molecule has 1 aliphatic heterocycles. The molecule has 3 heteroatoms. The Kier molecular flexibility index (Phi) is 3.54. The van der Waals surface area contributed by atoms with Crippen LogP contribution in [-0.2, 0) is 4.79 Å². The smallest absolute Gasteiger partial charge is 0.161 e. The molecule has 3 nitrogen and oxygen atoms in total. The molecule has 0 saturated carbocycles. The van der Waals surface area contributed by atoms with Crippen LogP contribution in [0.25, 0.3) is 5.70 Å². The van der Waals surface area contributed by atoms with Crippen molar-refractivity contribution in [3.63, 3.8) is 0 Å². The fourth-order valence-electron chi connectivity index (χ4n) is 3.43. The number of nitrogens with one attached hydrogen (secondary N) is 1. The van der Waals surface area contributed by atoms with E-state index in [2.05, 4.69) is 28.5 Å². The van der Waals surface area contributed by atoms with E-state index in [1.807, 2.05) is 30.3 Å². The van der Waals surface area contributed by atoms with Gasteiger partial charge in [0, 0.05) is 47.3 Å². The van der Waals surface area contributed by atoms with Crippen LogP contribution < -0.4 is 5.32 Å². The Morgan fingerprint density at radius 3 is 2.57 bits per heavy atom. The van der Waals surface area contributed by atoms with Gasteiger partial charge in [0.2, 0.25) is 0 Å². The minimum atomic E-state index is 0.0309. The largest absolute Gasteiger partial charge is 0.358 e. The van der Waals surface area contributed by atoms with Gasteiger partial charge >= 0.3 is 0 Å². The minimum absolute atomic E-state index is 0.0309. The highest BCUT2D eigenvalue weighted by atomic mass is 16.1. The zero-order chi connectivity index (χ0) is 15.6. The number of dihydropyridines is 1. The Balaban J connectivity index is 1.83. The van der Waals surface area contributed by atoms with Gasteiger partial charge in [0.1, 0.15) is 0 Å². The SMILES string of the molecule is O=C1CCCC2=C1[C@H](c1ccccc1)C=C(c1ccncc1)N2. The topological polar surface area (TPSA) is 42.0 Å². The number of rotatable bonds is 2. The highest BCUT2D eigenvalue weighted by molar-refractivity contribution is 6.00. The van der Waals surface area contributed by atoms with E-state index in [0.717, 1.165) is 35.4 Å². The first kappa shape index (κ1) is 13.9. The third-order valence-electron chi connectivity index (χ3n) is 4.54. The molecule has 4 rings (SSSR count). The van der Waals surface area contributed by atoms with Crippen molar-refractivity contribution in [2.75, 3.05) is 0 Å². The predicted octanol–water partition coefficient (Wildman–Crippen LogP) is 3.82. The van der Waals surface area contributed by atoms with Crippen LogP contribution in [0, 0.1) is 0 Å². The van der Waals surface area contributed by atoms with Crippen LogP contribution in [0.4, 0.5) is 0 Å². The first-order valence-electron chi connectivity index (χ1n) is 8.03. The van der Waals surface area contributed by atoms with Crippen LogP contribution in [0.15, 0.2) is 72.2 Å². The highest BCUT2D eigenvalue weighted by Crippen LogP contribution is 2.39. The van der Waals surface area contributed by atoms with E-state index in [-0.39, 0.29) is 11.7 Å². The molecule has 2 heterocycles. The van der Waals surface area contributed by atoms with E-state index >= 15 is 0 Å². The fraction of sp³-hybridized carbons (Fsp3) is 0.200. The van der Waals surface area contributed by atoms with Crippen LogP contribution >= 0.6 is 0 Å². The maximum atomic E-state index is 12.5. The predicted molar refractivity (Wildman–Crippen MR) is 90.4 cm³/mol. The standard InChI is InChI=1S/C20H18N2O/c23-19-8-4-7-17-20(19)16(14-5-2-1-3-6-14)13-18(22-17)15-9-11-21-12-10-15/h1-3,5-6,9-13,16,22H,4,7-8H2/t16-/m0/s1. The molecule has 1 atom stereocenters. The number of allylic oxidation sites excluding steroid dienone is 3. The van der Waals surface area contributed by atoms with E-state index in [1.165, 1.54) is 5.56 Å². The molecule has 0 radical (unpaired) electrons. The summed E-state index contributed by atoms with van der Waals surface area (Å²) in [5.41, 5.74) is 5.37. The van der Waals surface area contributed by atoms with Crippen molar-refractivity contribution < 1.29 is 4.79 Å². The molecule has 1 aliphatic carbocycles. The number of hydrogen-bond donors (Lipinski definition) is 1. The summed E-state index contributed by atoms with van der Waals surface area (Å²) in [7, 11) is 0. The number of nitrogens with zero attached hydrogens (tertiary/aromatic N) is 1. The molecular weight excluding hydrogens is 284 g/mol. The Labute approximate surface area is 135 Å². The number of aromatic nitrogens is 1. The summed E-state index contributed by atoms with van der Waals surface area (Å²) in [5, 5.41) is 3.49. The van der Waals surface area contributed by atoms with Gasteiger partial charge in [-0.25, -0.2) is 0 Å². The van der Waals surface area contributed by atoms with Crippen molar-refractivity contribution in [1.82, 2.24) is 10.3 Å². The molecule has 2 aromatic rings. The van der Waals surface area contributed by atoms with Gasteiger partial charge in [0.05, 0.1) is 0 Å². The van der Waals surface area contributed by atoms with Gasteiger partial charge in [-0.15, -0.1) is 0 Å². The number of carbonyl (C=O) groups is 1. The summed E-state index contributed by atoms with van der Waals surface area (Å²) in [6.45, 7) is 0. The van der Waals surface area contributed by atoms with E-state index < -0.39 is 0 Å². The van der Waals surface area contributed by atoms with Gasteiger partial charge in [-0.1, -0.05) is 30.3 Å². The lowest BCUT2D eigenvalue weighted by Crippen LogP contribution is -2.28.